The van der Waals surface area contributed by atoms with Crippen LogP contribution in [0, 0.1) is 5.92 Å². The molecule has 1 fully saturated rings. The summed E-state index contributed by atoms with van der Waals surface area (Å²) in [5.74, 6) is -2.83. The highest BCUT2D eigenvalue weighted by Gasteiger charge is 2.47. The number of nitrogens with zero attached hydrogens (tertiary/aromatic N) is 2. The van der Waals surface area contributed by atoms with E-state index in [0.717, 1.165) is 11.4 Å². The van der Waals surface area contributed by atoms with Crippen molar-refractivity contribution in [2.24, 2.45) is 5.92 Å². The van der Waals surface area contributed by atoms with Crippen LogP contribution in [-0.2, 0) is 6.42 Å². The van der Waals surface area contributed by atoms with E-state index in [9.17, 15) is 8.78 Å². The average Bonchev–Trinajstić information content (AvgIpc) is 2.57. The lowest BCUT2D eigenvalue weighted by molar-refractivity contribution is -0.134. The summed E-state index contributed by atoms with van der Waals surface area (Å²) in [6.45, 7) is 0. The van der Waals surface area contributed by atoms with E-state index in [1.807, 2.05) is 0 Å². The third kappa shape index (κ3) is 2.42. The lowest BCUT2D eigenvalue weighted by atomic mass is 9.77. The van der Waals surface area contributed by atoms with E-state index >= 15 is 0 Å². The van der Waals surface area contributed by atoms with Crippen molar-refractivity contribution in [1.29, 1.82) is 0 Å². The van der Waals surface area contributed by atoms with Gasteiger partial charge in [-0.05, 0) is 19.3 Å². The molecule has 0 spiro atoms. The van der Waals surface area contributed by atoms with E-state index in [0.29, 0.717) is 24.4 Å². The fraction of sp³-hybridized carbons (Fsp3) is 0.778. The molecule has 6 heteroatoms. The van der Waals surface area contributed by atoms with Gasteiger partial charge in [0.15, 0.2) is 0 Å². The molecule has 1 saturated carbocycles. The number of aryl methyl sites for hydroxylation is 1. The largest absolute Gasteiger partial charge is 0.374 e. The lowest BCUT2D eigenvalue weighted by Gasteiger charge is -2.36. The summed E-state index contributed by atoms with van der Waals surface area (Å²) < 4.78 is 25.8. The van der Waals surface area contributed by atoms with Gasteiger partial charge in [-0.1, -0.05) is 11.3 Å². The van der Waals surface area contributed by atoms with Crippen molar-refractivity contribution in [3.8, 4) is 0 Å². The van der Waals surface area contributed by atoms with Gasteiger partial charge in [-0.3, -0.25) is 0 Å². The molecule has 0 aromatic carbocycles. The zero-order chi connectivity index (χ0) is 10.9. The van der Waals surface area contributed by atoms with Crippen LogP contribution in [-0.4, -0.2) is 16.1 Å². The van der Waals surface area contributed by atoms with Gasteiger partial charge in [0, 0.05) is 18.8 Å². The van der Waals surface area contributed by atoms with Crippen LogP contribution in [0.5, 0.6) is 0 Å². The number of rotatable bonds is 4. The van der Waals surface area contributed by atoms with E-state index in [1.54, 1.807) is 0 Å². The summed E-state index contributed by atoms with van der Waals surface area (Å²) in [5.41, 5.74) is 5.42. The fourth-order valence-corrected chi connectivity index (χ4v) is 2.44. The van der Waals surface area contributed by atoms with Crippen molar-refractivity contribution in [2.75, 3.05) is 5.73 Å². The maximum Gasteiger partial charge on any atom is 0.250 e. The first-order valence-corrected chi connectivity index (χ1v) is 5.85. The molecule has 1 unspecified atom stereocenters. The first-order chi connectivity index (χ1) is 7.08. The molecule has 0 saturated heterocycles. The molecule has 0 aliphatic heterocycles. The topological polar surface area (TPSA) is 51.8 Å². The van der Waals surface area contributed by atoms with E-state index in [2.05, 4.69) is 10.2 Å². The molecule has 0 radical (unpaired) electrons. The molecular weight excluding hydrogens is 220 g/mol. The van der Waals surface area contributed by atoms with Gasteiger partial charge >= 0.3 is 0 Å². The van der Waals surface area contributed by atoms with Gasteiger partial charge < -0.3 is 5.73 Å². The van der Waals surface area contributed by atoms with E-state index in [1.165, 1.54) is 11.3 Å². The minimum atomic E-state index is -2.42. The molecule has 1 aliphatic carbocycles. The SMILES string of the molecule is Nc1nnc(CCCC2CCC2(F)F)s1. The predicted molar refractivity (Wildman–Crippen MR) is 54.9 cm³/mol. The molecule has 1 heterocycles. The minimum absolute atomic E-state index is 0.0590. The second kappa shape index (κ2) is 4.00. The van der Waals surface area contributed by atoms with Gasteiger partial charge in [-0.2, -0.15) is 0 Å². The van der Waals surface area contributed by atoms with Crippen molar-refractivity contribution in [1.82, 2.24) is 10.2 Å². The Balaban J connectivity index is 1.71. The average molecular weight is 233 g/mol. The van der Waals surface area contributed by atoms with Crippen molar-refractivity contribution in [2.45, 2.75) is 38.0 Å². The summed E-state index contributed by atoms with van der Waals surface area (Å²) in [6, 6.07) is 0. The van der Waals surface area contributed by atoms with Crippen LogP contribution in [0.4, 0.5) is 13.9 Å². The Morgan fingerprint density at radius 2 is 2.27 bits per heavy atom. The molecule has 1 aromatic rings. The molecule has 0 bridgehead atoms. The minimum Gasteiger partial charge on any atom is -0.374 e. The van der Waals surface area contributed by atoms with Crippen molar-refractivity contribution in [3.63, 3.8) is 0 Å². The molecule has 2 N–H and O–H groups in total. The number of halogens is 2. The van der Waals surface area contributed by atoms with Gasteiger partial charge in [0.1, 0.15) is 5.01 Å². The molecular formula is C9H13F2N3S. The summed E-state index contributed by atoms with van der Waals surface area (Å²) in [5, 5.41) is 8.81. The van der Waals surface area contributed by atoms with Crippen molar-refractivity contribution >= 4 is 16.5 Å². The highest BCUT2D eigenvalue weighted by atomic mass is 32.1. The lowest BCUT2D eigenvalue weighted by Crippen LogP contribution is -2.38. The number of aromatic nitrogens is 2. The maximum atomic E-state index is 12.9. The Hall–Kier alpha value is -0.780. The first kappa shape index (κ1) is 10.7. The van der Waals surface area contributed by atoms with E-state index < -0.39 is 11.8 Å². The second-order valence-electron chi connectivity index (χ2n) is 3.92. The van der Waals surface area contributed by atoms with Crippen LogP contribution in [0.15, 0.2) is 0 Å². The zero-order valence-corrected chi connectivity index (χ0v) is 9.07. The number of nitrogens with two attached hydrogens (primary N) is 1. The zero-order valence-electron chi connectivity index (χ0n) is 8.25. The maximum absolute atomic E-state index is 12.9. The third-order valence-electron chi connectivity index (χ3n) is 2.85. The van der Waals surface area contributed by atoms with Crippen LogP contribution in [0.1, 0.15) is 30.7 Å². The molecule has 15 heavy (non-hydrogen) atoms. The quantitative estimate of drug-likeness (QED) is 0.869. The molecule has 3 nitrogen and oxygen atoms in total. The summed E-state index contributed by atoms with van der Waals surface area (Å²) in [6.07, 6.45) is 2.75. The molecule has 0 amide bonds. The van der Waals surface area contributed by atoms with Crippen molar-refractivity contribution < 1.29 is 8.78 Å². The Labute approximate surface area is 90.7 Å². The first-order valence-electron chi connectivity index (χ1n) is 5.03. The van der Waals surface area contributed by atoms with Crippen LogP contribution in [0.25, 0.3) is 0 Å². The van der Waals surface area contributed by atoms with Gasteiger partial charge in [-0.25, -0.2) is 8.78 Å². The van der Waals surface area contributed by atoms with Crippen LogP contribution in [0.2, 0.25) is 0 Å². The molecule has 1 atom stereocenters. The highest BCUT2D eigenvalue weighted by Crippen LogP contribution is 2.45. The highest BCUT2D eigenvalue weighted by molar-refractivity contribution is 7.15. The number of anilines is 1. The Kier molecular flexibility index (Phi) is 2.86. The predicted octanol–water partition coefficient (Wildman–Crippen LogP) is 2.49. The van der Waals surface area contributed by atoms with Gasteiger partial charge in [0.25, 0.3) is 5.92 Å². The molecule has 1 aliphatic rings. The Bertz CT molecular complexity index is 340. The third-order valence-corrected chi connectivity index (χ3v) is 3.66. The van der Waals surface area contributed by atoms with Gasteiger partial charge in [0.05, 0.1) is 0 Å². The number of alkyl halides is 2. The Morgan fingerprint density at radius 1 is 1.47 bits per heavy atom. The van der Waals surface area contributed by atoms with E-state index in [-0.39, 0.29) is 6.42 Å². The summed E-state index contributed by atoms with van der Waals surface area (Å²) in [7, 11) is 0. The van der Waals surface area contributed by atoms with Crippen LogP contribution >= 0.6 is 11.3 Å². The molecule has 84 valence electrons. The second-order valence-corrected chi connectivity index (χ2v) is 5.02. The van der Waals surface area contributed by atoms with Gasteiger partial charge in [-0.15, -0.1) is 10.2 Å². The fourth-order valence-electron chi connectivity index (χ4n) is 1.79. The molecule has 1 aromatic heterocycles. The van der Waals surface area contributed by atoms with E-state index in [4.69, 9.17) is 5.73 Å². The normalized spacial score (nSPS) is 23.7. The number of hydrogen-bond donors (Lipinski definition) is 1. The Morgan fingerprint density at radius 3 is 2.73 bits per heavy atom. The smallest absolute Gasteiger partial charge is 0.250 e. The van der Waals surface area contributed by atoms with Crippen molar-refractivity contribution in [3.05, 3.63) is 5.01 Å². The summed E-state index contributed by atoms with van der Waals surface area (Å²) in [4.78, 5) is 0. The van der Waals surface area contributed by atoms with Gasteiger partial charge in [0.2, 0.25) is 5.13 Å². The standard InChI is InChI=1S/C9H13F2N3S/c10-9(11)5-4-6(9)2-1-3-7-13-14-8(12)15-7/h6H,1-5H2,(H2,12,14). The monoisotopic (exact) mass is 233 g/mol. The van der Waals surface area contributed by atoms with Crippen LogP contribution < -0.4 is 5.73 Å². The van der Waals surface area contributed by atoms with Crippen LogP contribution in [0.3, 0.4) is 0 Å². The molecule has 2 rings (SSSR count). The summed E-state index contributed by atoms with van der Waals surface area (Å²) >= 11 is 1.33. The number of hydrogen-bond acceptors (Lipinski definition) is 4. The number of nitrogen functional groups attached to an aromatic ring is 1.